The minimum Gasteiger partial charge on any atom is -0.496 e. The fraction of sp³-hybridized carbons (Fsp3) is 0.400. The normalized spacial score (nSPS) is 17.2. The van der Waals surface area contributed by atoms with Gasteiger partial charge in [0.2, 0.25) is 0 Å². The van der Waals surface area contributed by atoms with Gasteiger partial charge in [0.05, 0.1) is 13.7 Å². The lowest BCUT2D eigenvalue weighted by molar-refractivity contribution is 0.106. The molecule has 1 atom stereocenters. The van der Waals surface area contributed by atoms with Crippen molar-refractivity contribution in [2.45, 2.75) is 38.5 Å². The number of halogens is 1. The van der Waals surface area contributed by atoms with Crippen LogP contribution in [0.4, 0.5) is 4.39 Å². The van der Waals surface area contributed by atoms with Crippen LogP contribution in [0, 0.1) is 5.82 Å². The van der Waals surface area contributed by atoms with Gasteiger partial charge in [-0.15, -0.1) is 0 Å². The van der Waals surface area contributed by atoms with Gasteiger partial charge >= 0.3 is 0 Å². The van der Waals surface area contributed by atoms with E-state index in [1.165, 1.54) is 12.0 Å². The molecule has 1 fully saturated rings. The summed E-state index contributed by atoms with van der Waals surface area (Å²) in [4.78, 5) is 4.80. The predicted molar refractivity (Wildman–Crippen MR) is 120 cm³/mol. The van der Waals surface area contributed by atoms with Gasteiger partial charge in [0, 0.05) is 49.2 Å². The summed E-state index contributed by atoms with van der Waals surface area (Å²) < 4.78 is 21.5. The van der Waals surface area contributed by atoms with E-state index in [0.717, 1.165) is 42.9 Å². The molecule has 3 aromatic rings. The third-order valence-electron chi connectivity index (χ3n) is 6.12. The topological polar surface area (TPSA) is 33.5 Å². The first-order valence-electron chi connectivity index (χ1n) is 10.9. The van der Waals surface area contributed by atoms with Crippen LogP contribution in [0.3, 0.4) is 0 Å². The molecule has 0 spiro atoms. The number of benzene rings is 2. The van der Waals surface area contributed by atoms with Crippen LogP contribution in [0.15, 0.2) is 60.9 Å². The standard InChI is InChI=1S/C25H31FN4O/c1-28(23-8-5-13-29(19-23)17-21-7-3-4-9-24(21)26)16-20-10-11-25(31-2)22(15-20)18-30-14-6-12-27-30/h3-4,6-7,9-12,14-15,23H,5,8,13,16-19H2,1-2H3. The Balaban J connectivity index is 1.40. The summed E-state index contributed by atoms with van der Waals surface area (Å²) in [5.74, 6) is 0.775. The molecule has 0 aliphatic carbocycles. The molecule has 6 heteroatoms. The zero-order valence-corrected chi connectivity index (χ0v) is 18.4. The molecule has 0 N–H and O–H groups in total. The molecule has 1 saturated heterocycles. The Morgan fingerprint density at radius 1 is 1.13 bits per heavy atom. The van der Waals surface area contributed by atoms with E-state index in [0.29, 0.717) is 19.1 Å². The molecule has 2 aromatic carbocycles. The molecule has 1 aliphatic rings. The molecule has 1 unspecified atom stereocenters. The van der Waals surface area contributed by atoms with Gasteiger partial charge in [-0.05, 0) is 56.3 Å². The Bertz CT molecular complexity index is 975. The highest BCUT2D eigenvalue weighted by Gasteiger charge is 2.24. The van der Waals surface area contributed by atoms with E-state index in [1.54, 1.807) is 25.4 Å². The molecule has 1 aliphatic heterocycles. The van der Waals surface area contributed by atoms with Crippen LogP contribution >= 0.6 is 0 Å². The number of nitrogens with zero attached hydrogens (tertiary/aromatic N) is 4. The Labute approximate surface area is 184 Å². The van der Waals surface area contributed by atoms with Crippen LogP contribution in [0.1, 0.15) is 29.5 Å². The molecule has 0 bridgehead atoms. The molecule has 0 saturated carbocycles. The quantitative estimate of drug-likeness (QED) is 0.545. The van der Waals surface area contributed by atoms with E-state index in [1.807, 2.05) is 35.1 Å². The number of piperidine rings is 1. The molecular formula is C25H31FN4O. The lowest BCUT2D eigenvalue weighted by Gasteiger charge is -2.38. The predicted octanol–water partition coefficient (Wildman–Crippen LogP) is 4.18. The van der Waals surface area contributed by atoms with Crippen LogP contribution in [0.5, 0.6) is 5.75 Å². The van der Waals surface area contributed by atoms with E-state index in [2.05, 4.69) is 34.1 Å². The number of hydrogen-bond acceptors (Lipinski definition) is 4. The fourth-order valence-corrected chi connectivity index (χ4v) is 4.44. The largest absolute Gasteiger partial charge is 0.496 e. The Morgan fingerprint density at radius 2 is 2.00 bits per heavy atom. The first-order chi connectivity index (χ1) is 15.1. The lowest BCUT2D eigenvalue weighted by atomic mass is 10.0. The molecule has 0 amide bonds. The minimum absolute atomic E-state index is 0.110. The Kier molecular flexibility index (Phi) is 6.99. The SMILES string of the molecule is COc1ccc(CN(C)C2CCCN(Cc3ccccc3F)C2)cc1Cn1cccn1. The van der Waals surface area contributed by atoms with Gasteiger partial charge < -0.3 is 4.74 Å². The highest BCUT2D eigenvalue weighted by Crippen LogP contribution is 2.24. The fourth-order valence-electron chi connectivity index (χ4n) is 4.44. The van der Waals surface area contributed by atoms with Crippen molar-refractivity contribution < 1.29 is 9.13 Å². The summed E-state index contributed by atoms with van der Waals surface area (Å²) in [7, 11) is 3.90. The van der Waals surface area contributed by atoms with E-state index in [-0.39, 0.29) is 5.82 Å². The van der Waals surface area contributed by atoms with Crippen LogP contribution in [-0.2, 0) is 19.6 Å². The maximum absolute atomic E-state index is 14.1. The third kappa shape index (κ3) is 5.51. The van der Waals surface area contributed by atoms with Crippen molar-refractivity contribution in [2.75, 3.05) is 27.2 Å². The van der Waals surface area contributed by atoms with Gasteiger partial charge in [-0.25, -0.2) is 4.39 Å². The van der Waals surface area contributed by atoms with E-state index in [9.17, 15) is 4.39 Å². The second kappa shape index (κ2) is 10.1. The zero-order chi connectivity index (χ0) is 21.6. The Hall–Kier alpha value is -2.70. The number of hydrogen-bond donors (Lipinski definition) is 0. The van der Waals surface area contributed by atoms with Crippen LogP contribution in [0.25, 0.3) is 0 Å². The smallest absolute Gasteiger partial charge is 0.127 e. The number of rotatable bonds is 8. The molecule has 1 aromatic heterocycles. The highest BCUT2D eigenvalue weighted by molar-refractivity contribution is 5.37. The van der Waals surface area contributed by atoms with Crippen molar-refractivity contribution in [3.8, 4) is 5.75 Å². The number of ether oxygens (including phenoxy) is 1. The minimum atomic E-state index is -0.110. The van der Waals surface area contributed by atoms with E-state index < -0.39 is 0 Å². The molecule has 164 valence electrons. The molecule has 5 nitrogen and oxygen atoms in total. The summed E-state index contributed by atoms with van der Waals surface area (Å²) in [6.07, 6.45) is 6.06. The first-order valence-corrected chi connectivity index (χ1v) is 10.9. The second-order valence-electron chi connectivity index (χ2n) is 8.39. The van der Waals surface area contributed by atoms with Gasteiger partial charge in [-0.2, -0.15) is 5.10 Å². The number of methoxy groups -OCH3 is 1. The van der Waals surface area contributed by atoms with Crippen molar-refractivity contribution in [1.29, 1.82) is 0 Å². The maximum Gasteiger partial charge on any atom is 0.127 e. The summed E-state index contributed by atoms with van der Waals surface area (Å²) in [6.45, 7) is 4.21. The van der Waals surface area contributed by atoms with Gasteiger partial charge in [0.15, 0.2) is 0 Å². The maximum atomic E-state index is 14.1. The van der Waals surface area contributed by atoms with Crippen molar-refractivity contribution in [2.24, 2.45) is 0 Å². The number of likely N-dealkylation sites (tertiary alicyclic amines) is 1. The second-order valence-corrected chi connectivity index (χ2v) is 8.39. The van der Waals surface area contributed by atoms with Crippen LogP contribution < -0.4 is 4.74 Å². The highest BCUT2D eigenvalue weighted by atomic mass is 19.1. The van der Waals surface area contributed by atoms with Crippen LogP contribution in [0.2, 0.25) is 0 Å². The summed E-state index contributed by atoms with van der Waals surface area (Å²) >= 11 is 0. The monoisotopic (exact) mass is 422 g/mol. The van der Waals surface area contributed by atoms with Crippen molar-refractivity contribution in [3.63, 3.8) is 0 Å². The van der Waals surface area contributed by atoms with Crippen molar-refractivity contribution >= 4 is 0 Å². The lowest BCUT2D eigenvalue weighted by Crippen LogP contribution is -2.45. The number of aromatic nitrogens is 2. The molecular weight excluding hydrogens is 391 g/mol. The molecule has 0 radical (unpaired) electrons. The molecule has 31 heavy (non-hydrogen) atoms. The summed E-state index contributed by atoms with van der Waals surface area (Å²) in [6, 6.07) is 15.9. The van der Waals surface area contributed by atoms with E-state index in [4.69, 9.17) is 4.74 Å². The van der Waals surface area contributed by atoms with Gasteiger partial charge in [0.1, 0.15) is 11.6 Å². The van der Waals surface area contributed by atoms with Crippen molar-refractivity contribution in [1.82, 2.24) is 19.6 Å². The molecule has 4 rings (SSSR count). The average Bonchev–Trinajstić information content (AvgIpc) is 3.29. The third-order valence-corrected chi connectivity index (χ3v) is 6.12. The van der Waals surface area contributed by atoms with Gasteiger partial charge in [-0.3, -0.25) is 14.5 Å². The van der Waals surface area contributed by atoms with Crippen LogP contribution in [-0.4, -0.2) is 52.9 Å². The summed E-state index contributed by atoms with van der Waals surface area (Å²) in [5.41, 5.74) is 3.17. The zero-order valence-electron chi connectivity index (χ0n) is 18.4. The van der Waals surface area contributed by atoms with Crippen molar-refractivity contribution in [3.05, 3.63) is 83.4 Å². The van der Waals surface area contributed by atoms with E-state index >= 15 is 0 Å². The average molecular weight is 423 g/mol. The van der Waals surface area contributed by atoms with Gasteiger partial charge in [-0.1, -0.05) is 24.3 Å². The number of likely N-dealkylation sites (N-methyl/N-ethyl adjacent to an activating group) is 1. The summed E-state index contributed by atoms with van der Waals surface area (Å²) in [5, 5.41) is 4.32. The first kappa shape index (κ1) is 21.5. The Morgan fingerprint density at radius 3 is 2.77 bits per heavy atom. The van der Waals surface area contributed by atoms with Gasteiger partial charge in [0.25, 0.3) is 0 Å². The molecule has 2 heterocycles.